The lowest BCUT2D eigenvalue weighted by Gasteiger charge is -2.40. The Kier molecular flexibility index (Phi) is 3.27. The van der Waals surface area contributed by atoms with Crippen LogP contribution >= 0.6 is 0 Å². The van der Waals surface area contributed by atoms with Crippen LogP contribution in [0, 0.1) is 0 Å². The van der Waals surface area contributed by atoms with Crippen molar-refractivity contribution in [3.8, 4) is 0 Å². The monoisotopic (exact) mass is 296 g/mol. The summed E-state index contributed by atoms with van der Waals surface area (Å²) in [6.07, 6.45) is 0.880. The maximum Gasteiger partial charge on any atom is 0.243 e. The van der Waals surface area contributed by atoms with Gasteiger partial charge in [0.05, 0.1) is 23.6 Å². The van der Waals surface area contributed by atoms with Gasteiger partial charge in [-0.15, -0.1) is 0 Å². The number of sulfonamides is 1. The Morgan fingerprint density at radius 3 is 2.90 bits per heavy atom. The van der Waals surface area contributed by atoms with Gasteiger partial charge in [0.15, 0.2) is 0 Å². The average Bonchev–Trinajstić information content (AvgIpc) is 2.84. The zero-order chi connectivity index (χ0) is 14.4. The van der Waals surface area contributed by atoms with E-state index in [4.69, 9.17) is 4.74 Å². The molecule has 0 bridgehead atoms. The molecule has 0 aromatic heterocycles. The number of benzene rings is 1. The second-order valence-electron chi connectivity index (χ2n) is 5.94. The summed E-state index contributed by atoms with van der Waals surface area (Å²) in [5.74, 6) is 0. The minimum Gasteiger partial charge on any atom is -0.384 e. The molecule has 0 amide bonds. The Balaban J connectivity index is 1.99. The van der Waals surface area contributed by atoms with Gasteiger partial charge in [-0.3, -0.25) is 0 Å². The second kappa shape index (κ2) is 4.72. The van der Waals surface area contributed by atoms with Gasteiger partial charge in [0.2, 0.25) is 10.0 Å². The molecule has 1 N–H and O–H groups in total. The summed E-state index contributed by atoms with van der Waals surface area (Å²) < 4.78 is 32.7. The fraction of sp³-hybridized carbons (Fsp3) is 0.571. The molecule has 0 spiro atoms. The molecule has 20 heavy (non-hydrogen) atoms. The third-order valence-electron chi connectivity index (χ3n) is 3.94. The molecular weight excluding hydrogens is 276 g/mol. The van der Waals surface area contributed by atoms with Crippen molar-refractivity contribution >= 4 is 15.7 Å². The fourth-order valence-corrected chi connectivity index (χ4v) is 4.66. The van der Waals surface area contributed by atoms with Crippen molar-refractivity contribution in [1.82, 2.24) is 4.31 Å². The zero-order valence-corrected chi connectivity index (χ0v) is 12.7. The normalized spacial score (nSPS) is 22.3. The molecule has 0 radical (unpaired) electrons. The van der Waals surface area contributed by atoms with E-state index in [1.807, 2.05) is 19.9 Å². The van der Waals surface area contributed by atoms with Gasteiger partial charge in [-0.1, -0.05) is 0 Å². The van der Waals surface area contributed by atoms with E-state index < -0.39 is 15.6 Å². The van der Waals surface area contributed by atoms with Crippen LogP contribution in [0.15, 0.2) is 23.1 Å². The van der Waals surface area contributed by atoms with Gasteiger partial charge < -0.3 is 10.1 Å². The summed E-state index contributed by atoms with van der Waals surface area (Å²) in [6, 6.07) is 5.36. The zero-order valence-electron chi connectivity index (χ0n) is 11.8. The molecule has 1 fully saturated rings. The summed E-state index contributed by atoms with van der Waals surface area (Å²) in [7, 11) is -3.47. The summed E-state index contributed by atoms with van der Waals surface area (Å²) in [5, 5.41) is 3.25. The highest BCUT2D eigenvalue weighted by atomic mass is 32.2. The van der Waals surface area contributed by atoms with E-state index in [1.165, 1.54) is 0 Å². The lowest BCUT2D eigenvalue weighted by atomic mass is 10.1. The van der Waals surface area contributed by atoms with Crippen LogP contribution in [0.2, 0.25) is 0 Å². The van der Waals surface area contributed by atoms with E-state index in [1.54, 1.807) is 16.4 Å². The van der Waals surface area contributed by atoms with Crippen molar-refractivity contribution in [2.45, 2.75) is 30.7 Å². The van der Waals surface area contributed by atoms with Gasteiger partial charge in [-0.2, -0.15) is 4.31 Å². The first kappa shape index (κ1) is 13.9. The lowest BCUT2D eigenvalue weighted by molar-refractivity contribution is -0.00770. The van der Waals surface area contributed by atoms with Gasteiger partial charge in [0.1, 0.15) is 0 Å². The molecule has 0 atom stereocenters. The van der Waals surface area contributed by atoms with Gasteiger partial charge in [-0.25, -0.2) is 8.42 Å². The number of anilines is 1. The largest absolute Gasteiger partial charge is 0.384 e. The number of hydrogen-bond donors (Lipinski definition) is 1. The first-order chi connectivity index (χ1) is 9.41. The van der Waals surface area contributed by atoms with Crippen LogP contribution in [0.1, 0.15) is 19.4 Å². The van der Waals surface area contributed by atoms with Crippen molar-refractivity contribution < 1.29 is 13.2 Å². The number of hydrogen-bond acceptors (Lipinski definition) is 4. The average molecular weight is 296 g/mol. The number of ether oxygens (including phenoxy) is 1. The molecule has 0 unspecified atom stereocenters. The second-order valence-corrected chi connectivity index (χ2v) is 7.80. The molecule has 110 valence electrons. The molecule has 3 rings (SSSR count). The summed E-state index contributed by atoms with van der Waals surface area (Å²) in [5.41, 5.74) is 1.62. The van der Waals surface area contributed by atoms with Crippen molar-refractivity contribution in [2.24, 2.45) is 0 Å². The maximum atomic E-state index is 12.9. The molecule has 0 aliphatic carbocycles. The van der Waals surface area contributed by atoms with Crippen molar-refractivity contribution in [2.75, 3.05) is 31.6 Å². The Morgan fingerprint density at radius 1 is 1.35 bits per heavy atom. The van der Waals surface area contributed by atoms with E-state index in [2.05, 4.69) is 5.32 Å². The molecule has 5 nitrogen and oxygen atoms in total. The van der Waals surface area contributed by atoms with Crippen molar-refractivity contribution in [3.63, 3.8) is 0 Å². The standard InChI is InChI=1S/C14H20N2O3S/c1-14(2)10-19-8-7-16(14)20(17,18)12-3-4-13-11(9-12)5-6-15-13/h3-4,9,15H,5-8,10H2,1-2H3. The quantitative estimate of drug-likeness (QED) is 0.897. The van der Waals surface area contributed by atoms with Gasteiger partial charge in [0, 0.05) is 18.8 Å². The van der Waals surface area contributed by atoms with Crippen LogP contribution in [-0.2, 0) is 21.2 Å². The third kappa shape index (κ3) is 2.21. The number of nitrogens with zero attached hydrogens (tertiary/aromatic N) is 1. The molecular formula is C14H20N2O3S. The Hall–Kier alpha value is -1.11. The minimum absolute atomic E-state index is 0.384. The minimum atomic E-state index is -3.47. The van der Waals surface area contributed by atoms with E-state index in [9.17, 15) is 8.42 Å². The third-order valence-corrected chi connectivity index (χ3v) is 6.05. The van der Waals surface area contributed by atoms with Crippen molar-refractivity contribution in [3.05, 3.63) is 23.8 Å². The van der Waals surface area contributed by atoms with Crippen LogP contribution in [0.25, 0.3) is 0 Å². The van der Waals surface area contributed by atoms with E-state index >= 15 is 0 Å². The first-order valence-electron chi connectivity index (χ1n) is 6.89. The Morgan fingerprint density at radius 2 is 2.15 bits per heavy atom. The smallest absolute Gasteiger partial charge is 0.243 e. The van der Waals surface area contributed by atoms with E-state index in [-0.39, 0.29) is 0 Å². The van der Waals surface area contributed by atoms with Gasteiger partial charge >= 0.3 is 0 Å². The Labute approximate surface area is 120 Å². The van der Waals surface area contributed by atoms with Gasteiger partial charge in [-0.05, 0) is 44.0 Å². The summed E-state index contributed by atoms with van der Waals surface area (Å²) in [4.78, 5) is 0.384. The predicted molar refractivity (Wildman–Crippen MR) is 77.4 cm³/mol. The van der Waals surface area contributed by atoms with E-state index in [0.717, 1.165) is 24.2 Å². The molecule has 2 aliphatic heterocycles. The number of fused-ring (bicyclic) bond motifs is 1. The number of rotatable bonds is 2. The highest BCUT2D eigenvalue weighted by Crippen LogP contribution is 2.30. The van der Waals surface area contributed by atoms with Crippen LogP contribution in [0.5, 0.6) is 0 Å². The lowest BCUT2D eigenvalue weighted by Crippen LogP contribution is -2.55. The molecule has 6 heteroatoms. The molecule has 1 aromatic rings. The molecule has 0 saturated carbocycles. The first-order valence-corrected chi connectivity index (χ1v) is 8.33. The molecule has 2 aliphatic rings. The highest BCUT2D eigenvalue weighted by molar-refractivity contribution is 7.89. The SMILES string of the molecule is CC1(C)COCCN1S(=O)(=O)c1ccc2c(c1)CCN2. The Bertz CT molecular complexity index is 625. The topological polar surface area (TPSA) is 58.6 Å². The molecule has 1 aromatic carbocycles. The maximum absolute atomic E-state index is 12.9. The van der Waals surface area contributed by atoms with Crippen LogP contribution in [0.4, 0.5) is 5.69 Å². The van der Waals surface area contributed by atoms with Crippen LogP contribution < -0.4 is 5.32 Å². The number of morpholine rings is 1. The molecule has 2 heterocycles. The van der Waals surface area contributed by atoms with Gasteiger partial charge in [0.25, 0.3) is 0 Å². The number of nitrogens with one attached hydrogen (secondary N) is 1. The molecule has 1 saturated heterocycles. The highest BCUT2D eigenvalue weighted by Gasteiger charge is 2.39. The van der Waals surface area contributed by atoms with Crippen LogP contribution in [-0.4, -0.2) is 44.6 Å². The van der Waals surface area contributed by atoms with Crippen LogP contribution in [0.3, 0.4) is 0 Å². The summed E-state index contributed by atoms with van der Waals surface area (Å²) >= 11 is 0. The van der Waals surface area contributed by atoms with E-state index in [0.29, 0.717) is 24.7 Å². The summed E-state index contributed by atoms with van der Waals surface area (Å²) in [6.45, 7) is 5.97. The predicted octanol–water partition coefficient (Wildman–Crippen LogP) is 1.45. The van der Waals surface area contributed by atoms with Crippen molar-refractivity contribution in [1.29, 1.82) is 0 Å². The fourth-order valence-electron chi connectivity index (χ4n) is 2.86.